The molecule has 3 heterocycles. The molecule has 6 rings (SSSR count). The van der Waals surface area contributed by atoms with Crippen molar-refractivity contribution in [3.63, 3.8) is 0 Å². The Morgan fingerprint density at radius 3 is 2.07 bits per heavy atom. The number of carbonyl (C=O) groups is 9. The Balaban J connectivity index is 1.35. The highest BCUT2D eigenvalue weighted by Gasteiger charge is 2.35. The molecule has 0 saturated carbocycles. The monoisotopic (exact) mass is 1040 g/mol. The van der Waals surface area contributed by atoms with Crippen LogP contribution in [0.2, 0.25) is 0 Å². The zero-order chi connectivity index (χ0) is 54.6. The van der Waals surface area contributed by atoms with Crippen LogP contribution in [0.3, 0.4) is 0 Å². The second-order valence-corrected chi connectivity index (χ2v) is 18.7. The number of primary amides is 1. The Labute approximate surface area is 438 Å². The van der Waals surface area contributed by atoms with Crippen LogP contribution in [-0.4, -0.2) is 123 Å². The maximum atomic E-state index is 14.6. The lowest BCUT2D eigenvalue weighted by molar-refractivity contribution is -0.135. The number of aromatic nitrogens is 3. The molecule has 402 valence electrons. The number of aliphatic imine (C=N–C) groups is 1. The Morgan fingerprint density at radius 1 is 0.737 bits per heavy atom. The lowest BCUT2D eigenvalue weighted by atomic mass is 9.92. The van der Waals surface area contributed by atoms with E-state index in [2.05, 4.69) is 57.2 Å². The van der Waals surface area contributed by atoms with Gasteiger partial charge in [0.25, 0.3) is 0 Å². The first-order valence-electron chi connectivity index (χ1n) is 25.1. The van der Waals surface area contributed by atoms with Crippen LogP contribution in [0, 0.1) is 5.92 Å². The number of carbonyl (C=O) groups excluding carboxylic acids is 9. The molecule has 0 aliphatic carbocycles. The van der Waals surface area contributed by atoms with Gasteiger partial charge in [0.2, 0.25) is 47.3 Å². The zero-order valence-corrected chi connectivity index (χ0v) is 42.1. The van der Waals surface area contributed by atoms with Gasteiger partial charge in [0.15, 0.2) is 11.7 Å². The number of ketones is 1. The molecular weight excluding hydrogens is 977 g/mol. The van der Waals surface area contributed by atoms with Gasteiger partial charge in [-0.1, -0.05) is 78.9 Å². The first kappa shape index (κ1) is 56.4. The molecule has 8 amide bonds. The van der Waals surface area contributed by atoms with E-state index in [1.807, 2.05) is 24.3 Å². The van der Waals surface area contributed by atoms with Crippen molar-refractivity contribution >= 4 is 69.9 Å². The number of fused-ring (bicyclic) bond motifs is 1. The van der Waals surface area contributed by atoms with Crippen molar-refractivity contribution in [3.8, 4) is 0 Å². The van der Waals surface area contributed by atoms with Gasteiger partial charge in [0.05, 0.1) is 12.4 Å². The molecule has 2 aromatic heterocycles. The fourth-order valence-electron chi connectivity index (χ4n) is 8.86. The first-order valence-corrected chi connectivity index (χ1v) is 25.1. The maximum Gasteiger partial charge on any atom is 0.243 e. The minimum Gasteiger partial charge on any atom is -0.370 e. The predicted molar refractivity (Wildman–Crippen MR) is 281 cm³/mol. The lowest BCUT2D eigenvalue weighted by Crippen LogP contribution is -2.59. The van der Waals surface area contributed by atoms with Crippen molar-refractivity contribution in [2.45, 2.75) is 107 Å². The third-order valence-electron chi connectivity index (χ3n) is 12.8. The zero-order valence-electron chi connectivity index (χ0n) is 42.1. The van der Waals surface area contributed by atoms with E-state index >= 15 is 0 Å². The number of hydrogen-bond donors (Lipinski definition) is 12. The molecule has 0 spiro atoms. The van der Waals surface area contributed by atoms with Crippen molar-refractivity contribution in [1.82, 2.24) is 52.2 Å². The van der Waals surface area contributed by atoms with Crippen LogP contribution < -0.4 is 54.4 Å². The topological polar surface area (TPSA) is 373 Å². The largest absolute Gasteiger partial charge is 0.370 e. The second-order valence-electron chi connectivity index (χ2n) is 18.7. The summed E-state index contributed by atoms with van der Waals surface area (Å²) in [5, 5.41) is 19.9. The van der Waals surface area contributed by atoms with Gasteiger partial charge < -0.3 is 64.4 Å². The van der Waals surface area contributed by atoms with E-state index in [1.54, 1.807) is 66.9 Å². The third kappa shape index (κ3) is 17.4. The number of benzene rings is 3. The standard InChI is InChI=1S/C53H66N14O9/c1-31(68)62-42(23-32-11-4-2-5-12-32)50(74)64-40-18-19-46(70)58-22-20-34(48(72)65-41(47(54)71)25-35-28-60-38-16-9-8-15-37(35)38)26-45(69)39(17-10-21-59-53(55)56)63-51(75)43(24-33-13-6-3-7-14-33)66-52(76)44(67-49(40)73)27-36-29-57-30-61-36/h2-9,11-16,28-30,34,39-44,60H,10,17-27H2,1H3,(H2,54,71)(H,57,61)(H,58,70)(H,62,68)(H,63,75)(H,64,74)(H,65,72)(H,66,76)(H,67,73)(H4,55,56,59)/t34-,39+,40+,41+,42-,43-,44+/m1/s1. The van der Waals surface area contributed by atoms with E-state index in [0.717, 1.165) is 10.9 Å². The van der Waals surface area contributed by atoms with E-state index in [4.69, 9.17) is 17.2 Å². The number of rotatable bonds is 18. The first-order chi connectivity index (χ1) is 36.5. The van der Waals surface area contributed by atoms with Crippen LogP contribution in [-0.2, 0) is 68.8 Å². The highest BCUT2D eigenvalue weighted by molar-refractivity contribution is 5.98. The minimum atomic E-state index is -1.47. The average molecular weight is 1040 g/mol. The molecule has 5 aromatic rings. The number of hydrogen-bond acceptors (Lipinski definition) is 11. The van der Waals surface area contributed by atoms with Crippen molar-refractivity contribution in [2.75, 3.05) is 13.1 Å². The molecule has 1 aliphatic rings. The van der Waals surface area contributed by atoms with Crippen LogP contribution >= 0.6 is 0 Å². The Morgan fingerprint density at radius 2 is 1.39 bits per heavy atom. The smallest absolute Gasteiger partial charge is 0.243 e. The van der Waals surface area contributed by atoms with Crippen LogP contribution in [0.25, 0.3) is 10.9 Å². The van der Waals surface area contributed by atoms with E-state index in [1.165, 1.54) is 19.4 Å². The van der Waals surface area contributed by atoms with Gasteiger partial charge in [-0.05, 0) is 48.4 Å². The molecule has 0 bridgehead atoms. The highest BCUT2D eigenvalue weighted by atomic mass is 16.2. The summed E-state index contributed by atoms with van der Waals surface area (Å²) in [5.41, 5.74) is 20.3. The molecule has 76 heavy (non-hydrogen) atoms. The summed E-state index contributed by atoms with van der Waals surface area (Å²) >= 11 is 0. The Hall–Kier alpha value is -8.89. The summed E-state index contributed by atoms with van der Waals surface area (Å²) in [6.07, 6.45) is 3.22. The van der Waals surface area contributed by atoms with E-state index < -0.39 is 102 Å². The second kappa shape index (κ2) is 28.0. The normalized spacial score (nSPS) is 19.9. The number of H-pyrrole nitrogens is 2. The average Bonchev–Trinajstić information content (AvgIpc) is 4.07. The molecular formula is C53H66N14O9. The highest BCUT2D eigenvalue weighted by Crippen LogP contribution is 2.21. The molecule has 0 unspecified atom stereocenters. The fraction of sp³-hybridized carbons (Fsp3) is 0.377. The predicted octanol–water partition coefficient (Wildman–Crippen LogP) is -0.495. The van der Waals surface area contributed by atoms with Crippen LogP contribution in [0.15, 0.2) is 109 Å². The number of amides is 8. The van der Waals surface area contributed by atoms with Crippen molar-refractivity contribution < 1.29 is 43.2 Å². The number of para-hydroxylation sites is 1. The van der Waals surface area contributed by atoms with E-state index in [0.29, 0.717) is 22.4 Å². The van der Waals surface area contributed by atoms with E-state index in [9.17, 15) is 43.2 Å². The third-order valence-corrected chi connectivity index (χ3v) is 12.8. The van der Waals surface area contributed by atoms with Crippen molar-refractivity contribution in [2.24, 2.45) is 28.1 Å². The number of nitrogens with zero attached hydrogens (tertiary/aromatic N) is 2. The Bertz CT molecular complexity index is 2840. The van der Waals surface area contributed by atoms with Gasteiger partial charge in [0, 0.05) is 93.4 Å². The van der Waals surface area contributed by atoms with Gasteiger partial charge in [-0.15, -0.1) is 0 Å². The van der Waals surface area contributed by atoms with Crippen LogP contribution in [0.4, 0.5) is 0 Å². The van der Waals surface area contributed by atoms with Gasteiger partial charge in [-0.25, -0.2) is 4.98 Å². The molecule has 23 nitrogen and oxygen atoms in total. The fourth-order valence-corrected chi connectivity index (χ4v) is 8.86. The molecule has 1 aliphatic heterocycles. The Kier molecular flexibility index (Phi) is 20.8. The number of guanidine groups is 1. The van der Waals surface area contributed by atoms with Crippen LogP contribution in [0.1, 0.15) is 67.8 Å². The summed E-state index contributed by atoms with van der Waals surface area (Å²) in [4.78, 5) is 140. The van der Waals surface area contributed by atoms with Gasteiger partial charge >= 0.3 is 0 Å². The van der Waals surface area contributed by atoms with Crippen molar-refractivity contribution in [3.05, 3.63) is 126 Å². The summed E-state index contributed by atoms with van der Waals surface area (Å²) < 4.78 is 0. The molecule has 23 heteroatoms. The van der Waals surface area contributed by atoms with Crippen LogP contribution in [0.5, 0.6) is 0 Å². The molecule has 7 atom stereocenters. The number of aromatic amines is 2. The van der Waals surface area contributed by atoms with Gasteiger partial charge in [-0.2, -0.15) is 0 Å². The SMILES string of the molecule is CC(=O)N[C@H](Cc1ccccc1)C(=O)N[C@H]1CCC(=O)NCC[C@@H](C(=O)N[C@@H](Cc2c[nH]c3ccccc23)C(N)=O)CC(=O)[C@H](CCCN=C(N)N)NC(=O)[C@@H](Cc2ccccc2)NC(=O)[C@H](Cc2cnc[nH]2)NC1=O. The summed E-state index contributed by atoms with van der Waals surface area (Å²) in [6, 6.07) is 17.1. The summed E-state index contributed by atoms with van der Waals surface area (Å²) in [7, 11) is 0. The molecule has 1 fully saturated rings. The summed E-state index contributed by atoms with van der Waals surface area (Å²) in [5.74, 6) is -7.92. The minimum absolute atomic E-state index is 0.00628. The van der Waals surface area contributed by atoms with Gasteiger partial charge in [0.1, 0.15) is 30.2 Å². The number of nitrogens with one attached hydrogen (secondary N) is 9. The van der Waals surface area contributed by atoms with Gasteiger partial charge in [-0.3, -0.25) is 48.1 Å². The number of imidazole rings is 1. The molecule has 0 radical (unpaired) electrons. The molecule has 3 aromatic carbocycles. The summed E-state index contributed by atoms with van der Waals surface area (Å²) in [6.45, 7) is 1.14. The maximum absolute atomic E-state index is 14.6. The molecule has 1 saturated heterocycles. The molecule has 15 N–H and O–H groups in total. The number of nitrogens with two attached hydrogens (primary N) is 3. The van der Waals surface area contributed by atoms with E-state index in [-0.39, 0.29) is 76.8 Å². The lowest BCUT2D eigenvalue weighted by Gasteiger charge is -2.27. The number of Topliss-reactive ketones (excluding diaryl/α,β-unsaturated/α-hetero) is 1. The quantitative estimate of drug-likeness (QED) is 0.0301. The van der Waals surface area contributed by atoms with Crippen molar-refractivity contribution in [1.29, 1.82) is 0 Å².